The Morgan fingerprint density at radius 1 is 1.18 bits per heavy atom. The van der Waals surface area contributed by atoms with E-state index >= 15 is 0 Å². The van der Waals surface area contributed by atoms with Crippen molar-refractivity contribution in [2.75, 3.05) is 23.7 Å². The van der Waals surface area contributed by atoms with Crippen molar-refractivity contribution >= 4 is 22.8 Å². The van der Waals surface area contributed by atoms with Gasteiger partial charge < -0.3 is 16.0 Å². The monoisotopic (exact) mass is 295 g/mol. The highest BCUT2D eigenvalue weighted by Gasteiger charge is 2.14. The molecule has 1 atom stereocenters. The molecule has 0 radical (unpaired) electrons. The summed E-state index contributed by atoms with van der Waals surface area (Å²) in [4.78, 5) is 8.82. The molecule has 3 aromatic heterocycles. The summed E-state index contributed by atoms with van der Waals surface area (Å²) in [5, 5.41) is 14.3. The summed E-state index contributed by atoms with van der Waals surface area (Å²) < 4.78 is 1.82. The Kier molecular flexibility index (Phi) is 3.32. The fourth-order valence-electron chi connectivity index (χ4n) is 2.65. The highest BCUT2D eigenvalue weighted by atomic mass is 15.2. The Morgan fingerprint density at radius 3 is 3.05 bits per heavy atom. The van der Waals surface area contributed by atoms with Crippen LogP contribution in [0.15, 0.2) is 43.0 Å². The molecule has 0 saturated carbocycles. The first-order chi connectivity index (χ1) is 10.9. The number of aromatic nitrogens is 4. The zero-order valence-corrected chi connectivity index (χ0v) is 12.0. The average molecular weight is 295 g/mol. The Hall–Kier alpha value is -2.67. The molecular formula is C15H17N7. The lowest BCUT2D eigenvalue weighted by Crippen LogP contribution is -2.22. The maximum absolute atomic E-state index is 4.57. The van der Waals surface area contributed by atoms with Crippen molar-refractivity contribution in [1.82, 2.24) is 24.9 Å². The van der Waals surface area contributed by atoms with Crippen molar-refractivity contribution in [1.29, 1.82) is 0 Å². The van der Waals surface area contributed by atoms with Crippen LogP contribution in [0.1, 0.15) is 6.42 Å². The molecule has 0 bridgehead atoms. The van der Waals surface area contributed by atoms with Crippen molar-refractivity contribution in [2.45, 2.75) is 12.5 Å². The number of hydrogen-bond acceptors (Lipinski definition) is 6. The topological polar surface area (TPSA) is 79.2 Å². The quantitative estimate of drug-likeness (QED) is 0.679. The van der Waals surface area contributed by atoms with Crippen molar-refractivity contribution in [2.24, 2.45) is 0 Å². The van der Waals surface area contributed by atoms with Crippen LogP contribution in [0.2, 0.25) is 0 Å². The van der Waals surface area contributed by atoms with Gasteiger partial charge in [0.25, 0.3) is 0 Å². The summed E-state index contributed by atoms with van der Waals surface area (Å²) in [7, 11) is 0. The van der Waals surface area contributed by atoms with Crippen molar-refractivity contribution in [3.63, 3.8) is 0 Å². The van der Waals surface area contributed by atoms with E-state index in [1.54, 1.807) is 18.6 Å². The third-order valence-electron chi connectivity index (χ3n) is 3.74. The van der Waals surface area contributed by atoms with E-state index in [0.29, 0.717) is 11.9 Å². The standard InChI is InChI=1S/C15H17N7/c1-2-6-22-13(3-1)12(8-18-22)20-15-10-17-9-14(21-15)19-11-4-5-16-7-11/h1-3,6,8-11,16H,4-5,7H2,(H2,19,20,21). The second-order valence-electron chi connectivity index (χ2n) is 5.34. The minimum Gasteiger partial charge on any atom is -0.365 e. The number of nitrogens with one attached hydrogen (secondary N) is 3. The van der Waals surface area contributed by atoms with E-state index in [4.69, 9.17) is 0 Å². The number of fused-ring (bicyclic) bond motifs is 1. The van der Waals surface area contributed by atoms with Crippen LogP contribution in [0.25, 0.3) is 5.52 Å². The van der Waals surface area contributed by atoms with E-state index in [0.717, 1.165) is 36.5 Å². The van der Waals surface area contributed by atoms with Crippen LogP contribution in [0.5, 0.6) is 0 Å². The lowest BCUT2D eigenvalue weighted by molar-refractivity contribution is 0.787. The van der Waals surface area contributed by atoms with Gasteiger partial charge in [0.05, 0.1) is 29.8 Å². The molecule has 1 fully saturated rings. The van der Waals surface area contributed by atoms with Crippen LogP contribution in [0, 0.1) is 0 Å². The highest BCUT2D eigenvalue weighted by molar-refractivity contribution is 5.75. The first-order valence-corrected chi connectivity index (χ1v) is 7.37. The van der Waals surface area contributed by atoms with E-state index in [1.165, 1.54) is 0 Å². The number of hydrogen-bond donors (Lipinski definition) is 3. The van der Waals surface area contributed by atoms with E-state index in [1.807, 2.05) is 28.9 Å². The Bertz CT molecular complexity index is 776. The van der Waals surface area contributed by atoms with Crippen molar-refractivity contribution in [3.05, 3.63) is 43.0 Å². The van der Waals surface area contributed by atoms with Crippen LogP contribution < -0.4 is 16.0 Å². The largest absolute Gasteiger partial charge is 0.365 e. The second-order valence-corrected chi connectivity index (χ2v) is 5.34. The van der Waals surface area contributed by atoms with Gasteiger partial charge in [-0.1, -0.05) is 6.07 Å². The summed E-state index contributed by atoms with van der Waals surface area (Å²) >= 11 is 0. The molecule has 0 spiro atoms. The predicted octanol–water partition coefficient (Wildman–Crippen LogP) is 1.64. The lowest BCUT2D eigenvalue weighted by atomic mass is 10.3. The average Bonchev–Trinajstić information content (AvgIpc) is 3.18. The summed E-state index contributed by atoms with van der Waals surface area (Å²) in [6, 6.07) is 6.36. The van der Waals surface area contributed by atoms with Gasteiger partial charge >= 0.3 is 0 Å². The van der Waals surface area contributed by atoms with E-state index in [2.05, 4.69) is 31.0 Å². The fraction of sp³-hybridized carbons (Fsp3) is 0.267. The Balaban J connectivity index is 1.55. The van der Waals surface area contributed by atoms with Crippen LogP contribution in [-0.2, 0) is 0 Å². The van der Waals surface area contributed by atoms with Gasteiger partial charge in [0.15, 0.2) is 5.82 Å². The normalized spacial score (nSPS) is 17.7. The molecule has 7 heteroatoms. The molecule has 1 aliphatic rings. The number of nitrogens with zero attached hydrogens (tertiary/aromatic N) is 4. The summed E-state index contributed by atoms with van der Waals surface area (Å²) in [6.45, 7) is 2.01. The van der Waals surface area contributed by atoms with Gasteiger partial charge in [0.1, 0.15) is 5.82 Å². The van der Waals surface area contributed by atoms with Gasteiger partial charge in [-0.25, -0.2) is 9.50 Å². The molecule has 4 heterocycles. The number of pyridine rings is 1. The van der Waals surface area contributed by atoms with Crippen LogP contribution in [-0.4, -0.2) is 38.7 Å². The third-order valence-corrected chi connectivity index (χ3v) is 3.74. The molecule has 3 aromatic rings. The lowest BCUT2D eigenvalue weighted by Gasteiger charge is -2.12. The molecule has 1 unspecified atom stereocenters. The van der Waals surface area contributed by atoms with Gasteiger partial charge in [-0.2, -0.15) is 5.10 Å². The second kappa shape index (κ2) is 5.61. The van der Waals surface area contributed by atoms with Gasteiger partial charge in [0, 0.05) is 18.8 Å². The summed E-state index contributed by atoms with van der Waals surface area (Å²) in [5.41, 5.74) is 1.91. The van der Waals surface area contributed by atoms with Crippen molar-refractivity contribution in [3.8, 4) is 0 Å². The van der Waals surface area contributed by atoms with E-state index < -0.39 is 0 Å². The van der Waals surface area contributed by atoms with Gasteiger partial charge in [0.2, 0.25) is 0 Å². The molecule has 1 aliphatic heterocycles. The third kappa shape index (κ3) is 2.58. The van der Waals surface area contributed by atoms with Crippen LogP contribution in [0.4, 0.5) is 17.3 Å². The SMILES string of the molecule is c1ccn2ncc(Nc3cncc(NC4CCNC4)n3)c2c1. The molecule has 0 aromatic carbocycles. The number of anilines is 3. The van der Waals surface area contributed by atoms with E-state index in [-0.39, 0.29) is 0 Å². The zero-order valence-electron chi connectivity index (χ0n) is 12.0. The first-order valence-electron chi connectivity index (χ1n) is 7.37. The molecule has 7 nitrogen and oxygen atoms in total. The molecular weight excluding hydrogens is 278 g/mol. The van der Waals surface area contributed by atoms with Gasteiger partial charge in [-0.05, 0) is 25.1 Å². The molecule has 22 heavy (non-hydrogen) atoms. The van der Waals surface area contributed by atoms with Crippen LogP contribution in [0.3, 0.4) is 0 Å². The first kappa shape index (κ1) is 13.0. The molecule has 0 aliphatic carbocycles. The fourth-order valence-corrected chi connectivity index (χ4v) is 2.65. The molecule has 0 amide bonds. The van der Waals surface area contributed by atoms with Crippen LogP contribution >= 0.6 is 0 Å². The Labute approximate surface area is 127 Å². The zero-order chi connectivity index (χ0) is 14.8. The van der Waals surface area contributed by atoms with Crippen molar-refractivity contribution < 1.29 is 0 Å². The minimum atomic E-state index is 0.418. The van der Waals surface area contributed by atoms with E-state index in [9.17, 15) is 0 Å². The molecule has 4 rings (SSSR count). The molecule has 3 N–H and O–H groups in total. The number of rotatable bonds is 4. The smallest absolute Gasteiger partial charge is 0.151 e. The summed E-state index contributed by atoms with van der Waals surface area (Å²) in [6.07, 6.45) is 8.27. The minimum absolute atomic E-state index is 0.418. The maximum atomic E-state index is 4.57. The predicted molar refractivity (Wildman–Crippen MR) is 85.4 cm³/mol. The Morgan fingerprint density at radius 2 is 2.14 bits per heavy atom. The van der Waals surface area contributed by atoms with Gasteiger partial charge in [-0.15, -0.1) is 0 Å². The van der Waals surface area contributed by atoms with Gasteiger partial charge in [-0.3, -0.25) is 4.98 Å². The summed E-state index contributed by atoms with van der Waals surface area (Å²) in [5.74, 6) is 1.49. The molecule has 1 saturated heterocycles. The molecule has 112 valence electrons. The maximum Gasteiger partial charge on any atom is 0.151 e. The highest BCUT2D eigenvalue weighted by Crippen LogP contribution is 2.20.